The molecule has 0 aliphatic carbocycles. The van der Waals surface area contributed by atoms with E-state index < -0.39 is 0 Å². The number of hydrogen-bond donors (Lipinski definition) is 0. The minimum absolute atomic E-state index is 0.111. The summed E-state index contributed by atoms with van der Waals surface area (Å²) in [5, 5.41) is 0. The summed E-state index contributed by atoms with van der Waals surface area (Å²) in [6, 6.07) is 5.60. The molecule has 0 fully saturated rings. The van der Waals surface area contributed by atoms with E-state index in [2.05, 4.69) is 15.9 Å². The van der Waals surface area contributed by atoms with E-state index in [1.165, 1.54) is 0 Å². The van der Waals surface area contributed by atoms with Crippen LogP contribution in [0, 0.1) is 0 Å². The molecule has 0 N–H and O–H groups in total. The Bertz CT molecular complexity index is 499. The van der Waals surface area contributed by atoms with E-state index in [9.17, 15) is 9.59 Å². The van der Waals surface area contributed by atoms with Crippen molar-refractivity contribution in [2.45, 2.75) is 31.0 Å². The maximum Gasteiger partial charge on any atom is 0.227 e. The van der Waals surface area contributed by atoms with Crippen LogP contribution in [0.1, 0.15) is 35.7 Å². The van der Waals surface area contributed by atoms with E-state index in [1.807, 2.05) is 19.1 Å². The lowest BCUT2D eigenvalue weighted by Gasteiger charge is -2.26. The lowest BCUT2D eigenvalue weighted by atomic mass is 9.96. The van der Waals surface area contributed by atoms with Crippen molar-refractivity contribution in [2.24, 2.45) is 0 Å². The average molecular weight is 310 g/mol. The van der Waals surface area contributed by atoms with Crippen LogP contribution in [0.4, 0.5) is 5.69 Å². The molecular formula is C14H16BrNO2. The van der Waals surface area contributed by atoms with E-state index in [-0.39, 0.29) is 16.5 Å². The molecule has 1 aliphatic heterocycles. The van der Waals surface area contributed by atoms with E-state index in [0.29, 0.717) is 6.42 Å². The molecule has 0 spiro atoms. The number of halogens is 1. The predicted molar refractivity (Wildman–Crippen MR) is 75.5 cm³/mol. The van der Waals surface area contributed by atoms with Crippen molar-refractivity contribution in [3.05, 3.63) is 29.3 Å². The van der Waals surface area contributed by atoms with Crippen molar-refractivity contribution in [3.8, 4) is 0 Å². The summed E-state index contributed by atoms with van der Waals surface area (Å²) in [6.45, 7) is 1.97. The Morgan fingerprint density at radius 1 is 1.44 bits per heavy atom. The molecule has 0 aromatic heterocycles. The molecular weight excluding hydrogens is 294 g/mol. The summed E-state index contributed by atoms with van der Waals surface area (Å²) in [7, 11) is 1.78. The van der Waals surface area contributed by atoms with Crippen molar-refractivity contribution >= 4 is 33.3 Å². The number of fused-ring (bicyclic) bond motifs is 1. The summed E-state index contributed by atoms with van der Waals surface area (Å²) in [5.74, 6) is 0.244. The van der Waals surface area contributed by atoms with Gasteiger partial charge in [-0.25, -0.2) is 0 Å². The summed E-state index contributed by atoms with van der Waals surface area (Å²) in [5.41, 5.74) is 2.73. The number of nitrogens with zero attached hydrogens (tertiary/aromatic N) is 1. The number of carbonyl (C=O) groups excluding carboxylic acids is 2. The van der Waals surface area contributed by atoms with Gasteiger partial charge in [-0.05, 0) is 36.6 Å². The Morgan fingerprint density at radius 2 is 2.17 bits per heavy atom. The highest BCUT2D eigenvalue weighted by Crippen LogP contribution is 2.28. The zero-order chi connectivity index (χ0) is 13.3. The van der Waals surface area contributed by atoms with Gasteiger partial charge in [0.2, 0.25) is 5.91 Å². The van der Waals surface area contributed by atoms with Gasteiger partial charge >= 0.3 is 0 Å². The smallest absolute Gasteiger partial charge is 0.227 e. The highest BCUT2D eigenvalue weighted by molar-refractivity contribution is 9.10. The largest absolute Gasteiger partial charge is 0.315 e. The lowest BCUT2D eigenvalue weighted by molar-refractivity contribution is -0.118. The number of benzene rings is 1. The minimum atomic E-state index is -0.126. The van der Waals surface area contributed by atoms with E-state index in [0.717, 1.165) is 29.7 Å². The lowest BCUT2D eigenvalue weighted by Crippen LogP contribution is -2.31. The third-order valence-corrected chi connectivity index (χ3v) is 4.41. The van der Waals surface area contributed by atoms with Gasteiger partial charge in [0.25, 0.3) is 0 Å². The van der Waals surface area contributed by atoms with Crippen LogP contribution < -0.4 is 4.90 Å². The normalized spacial score (nSPS) is 16.4. The van der Waals surface area contributed by atoms with Crippen molar-refractivity contribution in [1.82, 2.24) is 0 Å². The van der Waals surface area contributed by atoms with Crippen LogP contribution in [0.25, 0.3) is 0 Å². The molecule has 0 bridgehead atoms. The molecule has 0 saturated carbocycles. The highest BCUT2D eigenvalue weighted by Gasteiger charge is 2.23. The Balaban J connectivity index is 2.34. The first-order valence-electron chi connectivity index (χ1n) is 6.12. The van der Waals surface area contributed by atoms with Gasteiger partial charge in [0.05, 0.1) is 4.83 Å². The summed E-state index contributed by atoms with van der Waals surface area (Å²) < 4.78 is 0. The van der Waals surface area contributed by atoms with E-state index in [1.54, 1.807) is 18.0 Å². The predicted octanol–water partition coefficient (Wildman–Crippen LogP) is 2.95. The Kier molecular flexibility index (Phi) is 3.85. The summed E-state index contributed by atoms with van der Waals surface area (Å²) >= 11 is 3.38. The molecule has 0 radical (unpaired) electrons. The molecule has 0 saturated heterocycles. The molecule has 1 aromatic rings. The monoisotopic (exact) mass is 309 g/mol. The van der Waals surface area contributed by atoms with Gasteiger partial charge in [-0.15, -0.1) is 0 Å². The van der Waals surface area contributed by atoms with Crippen molar-refractivity contribution in [3.63, 3.8) is 0 Å². The third kappa shape index (κ3) is 2.34. The zero-order valence-electron chi connectivity index (χ0n) is 10.6. The van der Waals surface area contributed by atoms with Gasteiger partial charge < -0.3 is 4.90 Å². The van der Waals surface area contributed by atoms with Crippen molar-refractivity contribution < 1.29 is 9.59 Å². The van der Waals surface area contributed by atoms with Gasteiger partial charge in [-0.3, -0.25) is 9.59 Å². The van der Waals surface area contributed by atoms with E-state index in [4.69, 9.17) is 0 Å². The summed E-state index contributed by atoms with van der Waals surface area (Å²) in [6.07, 6.45) is 2.01. The third-order valence-electron chi connectivity index (χ3n) is 3.35. The van der Waals surface area contributed by atoms with E-state index >= 15 is 0 Å². The molecule has 1 amide bonds. The first kappa shape index (κ1) is 13.3. The zero-order valence-corrected chi connectivity index (χ0v) is 12.2. The number of aryl methyl sites for hydroxylation is 1. The second-order valence-electron chi connectivity index (χ2n) is 4.54. The number of anilines is 1. The fourth-order valence-electron chi connectivity index (χ4n) is 2.18. The minimum Gasteiger partial charge on any atom is -0.315 e. The topological polar surface area (TPSA) is 37.4 Å². The number of alkyl halides is 1. The SMILES string of the molecule is CCC(Br)C(=O)c1ccc2c(c1)CCC(=O)N2C. The molecule has 1 aliphatic rings. The fourth-order valence-corrected chi connectivity index (χ4v) is 2.44. The summed E-state index contributed by atoms with van der Waals surface area (Å²) in [4.78, 5) is 25.2. The van der Waals surface area contributed by atoms with Crippen molar-refractivity contribution in [1.29, 1.82) is 0 Å². The fraction of sp³-hybridized carbons (Fsp3) is 0.429. The molecule has 1 heterocycles. The molecule has 1 atom stereocenters. The van der Waals surface area contributed by atoms with Crippen LogP contribution in [0.3, 0.4) is 0 Å². The number of amides is 1. The van der Waals surface area contributed by atoms with Crippen LogP contribution in [0.5, 0.6) is 0 Å². The Hall–Kier alpha value is -1.16. The molecule has 3 nitrogen and oxygen atoms in total. The molecule has 2 rings (SSSR count). The number of Topliss-reactive ketones (excluding diaryl/α,β-unsaturated/α-hetero) is 1. The quantitative estimate of drug-likeness (QED) is 0.636. The Morgan fingerprint density at radius 3 is 2.83 bits per heavy atom. The standard InChI is InChI=1S/C14H16BrNO2/c1-3-11(15)14(18)10-4-6-12-9(8-10)5-7-13(17)16(12)2/h4,6,8,11H,3,5,7H2,1-2H3. The highest BCUT2D eigenvalue weighted by atomic mass is 79.9. The number of ketones is 1. The van der Waals surface area contributed by atoms with Gasteiger partial charge in [-0.1, -0.05) is 22.9 Å². The second kappa shape index (κ2) is 5.22. The molecule has 1 aromatic carbocycles. The second-order valence-corrected chi connectivity index (χ2v) is 5.64. The van der Waals surface area contributed by atoms with Crippen LogP contribution in [-0.4, -0.2) is 23.6 Å². The van der Waals surface area contributed by atoms with Crippen LogP contribution >= 0.6 is 15.9 Å². The molecule has 96 valence electrons. The molecule has 18 heavy (non-hydrogen) atoms. The molecule has 4 heteroatoms. The van der Waals surface area contributed by atoms with Gasteiger partial charge in [0, 0.05) is 24.7 Å². The number of hydrogen-bond acceptors (Lipinski definition) is 2. The van der Waals surface area contributed by atoms with Crippen molar-refractivity contribution in [2.75, 3.05) is 11.9 Å². The van der Waals surface area contributed by atoms with Gasteiger partial charge in [-0.2, -0.15) is 0 Å². The molecule has 1 unspecified atom stereocenters. The first-order chi connectivity index (χ1) is 8.54. The first-order valence-corrected chi connectivity index (χ1v) is 7.04. The van der Waals surface area contributed by atoms with Gasteiger partial charge in [0.15, 0.2) is 5.78 Å². The number of rotatable bonds is 3. The number of carbonyl (C=O) groups is 2. The van der Waals surface area contributed by atoms with Crippen LogP contribution in [0.15, 0.2) is 18.2 Å². The van der Waals surface area contributed by atoms with Gasteiger partial charge in [0.1, 0.15) is 0 Å². The average Bonchev–Trinajstić information content (AvgIpc) is 2.41. The maximum atomic E-state index is 12.1. The Labute approximate surface area is 115 Å². The maximum absolute atomic E-state index is 12.1. The van der Waals surface area contributed by atoms with Crippen LogP contribution in [0.2, 0.25) is 0 Å². The van der Waals surface area contributed by atoms with Crippen LogP contribution in [-0.2, 0) is 11.2 Å².